The molecule has 0 heterocycles. The molecule has 0 rings (SSSR count). The fraction of sp³-hybridized carbons (Fsp3) is 0.714. The van der Waals surface area contributed by atoms with Crippen LogP contribution in [0.1, 0.15) is 20.3 Å². The van der Waals surface area contributed by atoms with Gasteiger partial charge in [0.25, 0.3) is 0 Å². The maximum Gasteiger partial charge on any atom is 0.427 e. The standard InChI is InChI=1S/C7H8F3NO2/c1-6(2,7(8,9)10)13-5(12)3-4-11/h3H2,1-2H3. The zero-order valence-electron chi connectivity index (χ0n) is 7.10. The van der Waals surface area contributed by atoms with Crippen molar-refractivity contribution in [3.05, 3.63) is 0 Å². The number of hydrogen-bond acceptors (Lipinski definition) is 3. The minimum Gasteiger partial charge on any atom is -0.449 e. The molecule has 0 aromatic heterocycles. The maximum atomic E-state index is 12.1. The molecule has 0 aliphatic heterocycles. The van der Waals surface area contributed by atoms with Crippen LogP contribution in [-0.4, -0.2) is 17.7 Å². The van der Waals surface area contributed by atoms with E-state index in [4.69, 9.17) is 5.26 Å². The van der Waals surface area contributed by atoms with Crippen molar-refractivity contribution in [3.8, 4) is 6.07 Å². The lowest BCUT2D eigenvalue weighted by Crippen LogP contribution is -2.43. The molecular weight excluding hydrogens is 187 g/mol. The summed E-state index contributed by atoms with van der Waals surface area (Å²) < 4.78 is 40.3. The van der Waals surface area contributed by atoms with Gasteiger partial charge in [-0.2, -0.15) is 18.4 Å². The zero-order valence-corrected chi connectivity index (χ0v) is 7.10. The topological polar surface area (TPSA) is 50.1 Å². The minimum atomic E-state index is -4.63. The van der Waals surface area contributed by atoms with Gasteiger partial charge < -0.3 is 4.74 Å². The Bertz CT molecular complexity index is 239. The van der Waals surface area contributed by atoms with E-state index in [-0.39, 0.29) is 0 Å². The highest BCUT2D eigenvalue weighted by Gasteiger charge is 2.50. The molecule has 6 heteroatoms. The average Bonchev–Trinajstić information content (AvgIpc) is 1.83. The Morgan fingerprint density at radius 1 is 1.46 bits per heavy atom. The molecule has 0 aliphatic rings. The molecule has 0 bridgehead atoms. The first-order chi connectivity index (χ1) is 5.70. The van der Waals surface area contributed by atoms with E-state index in [0.29, 0.717) is 0 Å². The number of halogens is 3. The Balaban J connectivity index is 4.36. The first kappa shape index (κ1) is 11.8. The van der Waals surface area contributed by atoms with Crippen LogP contribution in [0.25, 0.3) is 0 Å². The van der Waals surface area contributed by atoms with E-state index in [9.17, 15) is 18.0 Å². The van der Waals surface area contributed by atoms with Crippen molar-refractivity contribution in [3.63, 3.8) is 0 Å². The Kier molecular flexibility index (Phi) is 3.29. The van der Waals surface area contributed by atoms with Crippen LogP contribution in [0.3, 0.4) is 0 Å². The van der Waals surface area contributed by atoms with Gasteiger partial charge in [-0.25, -0.2) is 0 Å². The summed E-state index contributed by atoms with van der Waals surface area (Å²) in [7, 11) is 0. The van der Waals surface area contributed by atoms with Crippen LogP contribution in [0.15, 0.2) is 0 Å². The number of esters is 1. The Morgan fingerprint density at radius 2 is 1.92 bits per heavy atom. The zero-order chi connectivity index (χ0) is 10.7. The number of ether oxygens (including phenoxy) is 1. The molecule has 0 atom stereocenters. The number of hydrogen-bond donors (Lipinski definition) is 0. The molecule has 0 N–H and O–H groups in total. The van der Waals surface area contributed by atoms with Gasteiger partial charge in [0, 0.05) is 0 Å². The Morgan fingerprint density at radius 3 is 2.23 bits per heavy atom. The molecule has 74 valence electrons. The predicted octanol–water partition coefficient (Wildman–Crippen LogP) is 1.78. The van der Waals surface area contributed by atoms with E-state index in [0.717, 1.165) is 13.8 Å². The molecule has 0 amide bonds. The number of alkyl halides is 3. The highest BCUT2D eigenvalue weighted by molar-refractivity contribution is 5.72. The van der Waals surface area contributed by atoms with E-state index < -0.39 is 24.2 Å². The molecule has 0 aliphatic carbocycles. The van der Waals surface area contributed by atoms with Crippen molar-refractivity contribution in [2.75, 3.05) is 0 Å². The Hall–Kier alpha value is -1.25. The van der Waals surface area contributed by atoms with Crippen molar-refractivity contribution in [1.82, 2.24) is 0 Å². The van der Waals surface area contributed by atoms with Crippen molar-refractivity contribution >= 4 is 5.97 Å². The lowest BCUT2D eigenvalue weighted by atomic mass is 10.1. The number of nitrogens with zero attached hydrogens (tertiary/aromatic N) is 1. The van der Waals surface area contributed by atoms with Crippen molar-refractivity contribution in [2.24, 2.45) is 0 Å². The molecule has 0 saturated heterocycles. The number of nitriles is 1. The second-order valence-corrected chi connectivity index (χ2v) is 2.82. The van der Waals surface area contributed by atoms with Crippen LogP contribution < -0.4 is 0 Å². The molecule has 0 saturated carbocycles. The number of carbonyl (C=O) groups is 1. The molecule has 0 unspecified atom stereocenters. The molecule has 13 heavy (non-hydrogen) atoms. The molecule has 0 fully saturated rings. The number of rotatable bonds is 2. The fourth-order valence-corrected chi connectivity index (χ4v) is 0.443. The van der Waals surface area contributed by atoms with Crippen LogP contribution in [0, 0.1) is 11.3 Å². The summed E-state index contributed by atoms with van der Waals surface area (Å²) in [5, 5.41) is 8.00. The number of carbonyl (C=O) groups excluding carboxylic acids is 1. The summed E-state index contributed by atoms with van der Waals surface area (Å²) in [5.41, 5.74) is -2.54. The van der Waals surface area contributed by atoms with Crippen LogP contribution in [0.5, 0.6) is 0 Å². The monoisotopic (exact) mass is 195 g/mol. The minimum absolute atomic E-state index is 0.681. The fourth-order valence-electron chi connectivity index (χ4n) is 0.443. The molecular formula is C7H8F3NO2. The quantitative estimate of drug-likeness (QED) is 0.631. The van der Waals surface area contributed by atoms with Gasteiger partial charge in [-0.3, -0.25) is 4.79 Å². The van der Waals surface area contributed by atoms with E-state index >= 15 is 0 Å². The molecule has 3 nitrogen and oxygen atoms in total. The SMILES string of the molecule is CC(C)(OC(=O)CC#N)C(F)(F)F. The van der Waals surface area contributed by atoms with E-state index in [1.807, 2.05) is 0 Å². The van der Waals surface area contributed by atoms with Gasteiger partial charge in [-0.15, -0.1) is 0 Å². The normalized spacial score (nSPS) is 12.0. The van der Waals surface area contributed by atoms with Gasteiger partial charge in [-0.1, -0.05) is 0 Å². The third kappa shape index (κ3) is 3.32. The second kappa shape index (κ2) is 3.64. The summed E-state index contributed by atoms with van der Waals surface area (Å²) in [4.78, 5) is 10.6. The van der Waals surface area contributed by atoms with Crippen LogP contribution in [0.4, 0.5) is 13.2 Å². The molecule has 0 radical (unpaired) electrons. The lowest BCUT2D eigenvalue weighted by molar-refractivity contribution is -0.256. The summed E-state index contributed by atoms with van der Waals surface area (Å²) in [6.45, 7) is 1.45. The first-order valence-electron chi connectivity index (χ1n) is 3.36. The van der Waals surface area contributed by atoms with Crippen molar-refractivity contribution in [2.45, 2.75) is 32.0 Å². The van der Waals surface area contributed by atoms with Gasteiger partial charge in [0.05, 0.1) is 6.07 Å². The average molecular weight is 195 g/mol. The largest absolute Gasteiger partial charge is 0.449 e. The van der Waals surface area contributed by atoms with Gasteiger partial charge >= 0.3 is 12.1 Å². The van der Waals surface area contributed by atoms with Gasteiger partial charge in [-0.05, 0) is 13.8 Å². The molecule has 0 spiro atoms. The summed E-state index contributed by atoms with van der Waals surface area (Å²) in [5.74, 6) is -1.18. The van der Waals surface area contributed by atoms with Crippen molar-refractivity contribution in [1.29, 1.82) is 5.26 Å². The maximum absolute atomic E-state index is 12.1. The van der Waals surface area contributed by atoms with Crippen molar-refractivity contribution < 1.29 is 22.7 Å². The van der Waals surface area contributed by atoms with Crippen LogP contribution in [0.2, 0.25) is 0 Å². The lowest BCUT2D eigenvalue weighted by Gasteiger charge is -2.26. The third-order valence-electron chi connectivity index (χ3n) is 1.28. The predicted molar refractivity (Wildman–Crippen MR) is 36.5 cm³/mol. The summed E-state index contributed by atoms with van der Waals surface area (Å²) in [6, 6.07) is 1.40. The molecule has 0 aromatic carbocycles. The second-order valence-electron chi connectivity index (χ2n) is 2.82. The van der Waals surface area contributed by atoms with E-state index in [1.54, 1.807) is 0 Å². The summed E-state index contributed by atoms with van der Waals surface area (Å²) in [6.07, 6.45) is -5.31. The van der Waals surface area contributed by atoms with Gasteiger partial charge in [0.1, 0.15) is 6.42 Å². The first-order valence-corrected chi connectivity index (χ1v) is 3.36. The van der Waals surface area contributed by atoms with Crippen LogP contribution in [-0.2, 0) is 9.53 Å². The Labute approximate surface area is 73.1 Å². The summed E-state index contributed by atoms with van der Waals surface area (Å²) >= 11 is 0. The van der Waals surface area contributed by atoms with E-state index in [1.165, 1.54) is 6.07 Å². The van der Waals surface area contributed by atoms with Gasteiger partial charge in [0.2, 0.25) is 5.60 Å². The highest BCUT2D eigenvalue weighted by Crippen LogP contribution is 2.32. The third-order valence-corrected chi connectivity index (χ3v) is 1.28. The highest BCUT2D eigenvalue weighted by atomic mass is 19.4. The smallest absolute Gasteiger partial charge is 0.427 e. The van der Waals surface area contributed by atoms with E-state index in [2.05, 4.69) is 4.74 Å². The molecule has 0 aromatic rings. The van der Waals surface area contributed by atoms with Gasteiger partial charge in [0.15, 0.2) is 0 Å². The van der Waals surface area contributed by atoms with Crippen LogP contribution >= 0.6 is 0 Å².